The van der Waals surface area contributed by atoms with E-state index in [1.807, 2.05) is 9.03 Å². The van der Waals surface area contributed by atoms with Crippen molar-refractivity contribution in [3.63, 3.8) is 0 Å². The van der Waals surface area contributed by atoms with Crippen LogP contribution >= 0.6 is 24.3 Å². The summed E-state index contributed by atoms with van der Waals surface area (Å²) in [5, 5.41) is 0. The second kappa shape index (κ2) is 4.45. The molecule has 0 unspecified atom stereocenters. The predicted octanol–water partition coefficient (Wildman–Crippen LogP) is 5.40. The Balaban J connectivity index is 5.02. The van der Waals surface area contributed by atoms with Gasteiger partial charge in [0.2, 0.25) is 8.68 Å². The molecular weight excluding hydrogens is 242 g/mol. The Morgan fingerprint density at radius 2 is 1.58 bits per heavy atom. The molecule has 3 nitrogen and oxygen atoms in total. The van der Waals surface area contributed by atoms with E-state index in [2.05, 4.69) is 4.74 Å². The lowest BCUT2D eigenvalue weighted by Gasteiger charge is -1.98. The summed E-state index contributed by atoms with van der Waals surface area (Å²) in [6.45, 7) is 0. The maximum absolute atomic E-state index is 12.1. The lowest BCUT2D eigenvalue weighted by Crippen LogP contribution is -1.56. The van der Waals surface area contributed by atoms with Crippen molar-refractivity contribution < 1.29 is 21.0 Å². The highest BCUT2D eigenvalue weighted by atomic mass is 31.3. The molecule has 0 bridgehead atoms. The molecule has 11 heteroatoms. The van der Waals surface area contributed by atoms with Crippen molar-refractivity contribution in [1.29, 1.82) is 0 Å². The van der Waals surface area contributed by atoms with Crippen molar-refractivity contribution in [3.05, 3.63) is 0 Å². The third kappa shape index (κ3) is 4.96. The van der Waals surface area contributed by atoms with Gasteiger partial charge in [-0.1, -0.05) is 0 Å². The van der Waals surface area contributed by atoms with E-state index in [1.54, 1.807) is 0 Å². The Kier molecular flexibility index (Phi) is 4.53. The second-order valence-corrected chi connectivity index (χ2v) is 5.17. The summed E-state index contributed by atoms with van der Waals surface area (Å²) in [5.41, 5.74) is 0. The monoisotopic (exact) mass is 245 g/mol. The molecular formula is CH3F5N3P3. The third-order valence-electron chi connectivity index (χ3n) is 0.597. The minimum atomic E-state index is -5.51. The van der Waals surface area contributed by atoms with E-state index in [0.717, 1.165) is 0 Å². The predicted molar refractivity (Wildman–Crippen MR) is 39.5 cm³/mol. The van der Waals surface area contributed by atoms with Crippen LogP contribution in [-0.2, 0) is 0 Å². The smallest absolute Gasteiger partial charge is 0.230 e. The molecule has 0 heterocycles. The average molecular weight is 245 g/mol. The normalized spacial score (nSPS) is 13.5. The van der Waals surface area contributed by atoms with E-state index >= 15 is 0 Å². The van der Waals surface area contributed by atoms with E-state index in [1.165, 1.54) is 0 Å². The van der Waals surface area contributed by atoms with Crippen molar-refractivity contribution >= 4 is 24.3 Å². The van der Waals surface area contributed by atoms with Crippen LogP contribution in [0.3, 0.4) is 0 Å². The maximum atomic E-state index is 12.1. The van der Waals surface area contributed by atoms with Gasteiger partial charge in [-0.15, -0.1) is 25.8 Å². The minimum Gasteiger partial charge on any atom is -0.230 e. The van der Waals surface area contributed by atoms with E-state index < -0.39 is 24.3 Å². The van der Waals surface area contributed by atoms with Crippen LogP contribution in [0.15, 0.2) is 13.8 Å². The zero-order valence-electron chi connectivity index (χ0n) is 5.57. The zero-order chi connectivity index (χ0) is 9.83. The fourth-order valence-corrected chi connectivity index (χ4v) is 2.37. The number of nitrogens with zero attached hydrogens (tertiary/aromatic N) is 3. The molecule has 72 valence electrons. The van der Waals surface area contributed by atoms with Crippen LogP contribution in [0.4, 0.5) is 21.0 Å². The fraction of sp³-hybridized carbons (Fsp3) is 1.00. The van der Waals surface area contributed by atoms with Gasteiger partial charge in [0.1, 0.15) is 0 Å². The molecule has 0 rings (SSSR count). The molecule has 0 aromatic rings. The molecule has 0 aliphatic carbocycles. The first kappa shape index (κ1) is 12.2. The van der Waals surface area contributed by atoms with Gasteiger partial charge >= 0.3 is 15.7 Å². The summed E-state index contributed by atoms with van der Waals surface area (Å²) in [5.74, 6) is 0. The summed E-state index contributed by atoms with van der Waals surface area (Å²) in [6.07, 6.45) is 0. The molecule has 0 aliphatic heterocycles. The van der Waals surface area contributed by atoms with Gasteiger partial charge in [0, 0.05) is 7.05 Å². The Labute approximate surface area is 67.1 Å². The summed E-state index contributed by atoms with van der Waals surface area (Å²) in [7, 11) is -11.6. The van der Waals surface area contributed by atoms with Gasteiger partial charge in [0.25, 0.3) is 0 Å². The first-order chi connectivity index (χ1) is 5.33. The quantitative estimate of drug-likeness (QED) is 0.461. The first-order valence-electron chi connectivity index (χ1n) is 2.29. The summed E-state index contributed by atoms with van der Waals surface area (Å²) < 4.78 is 65.9. The lowest BCUT2D eigenvalue weighted by atomic mass is 11.6. The van der Waals surface area contributed by atoms with Gasteiger partial charge in [-0.05, 0) is 0 Å². The first-order valence-corrected chi connectivity index (χ1v) is 5.98. The summed E-state index contributed by atoms with van der Waals surface area (Å²) in [4.78, 5) is 0. The van der Waals surface area contributed by atoms with Gasteiger partial charge < -0.3 is 0 Å². The largest absolute Gasteiger partial charge is 0.426 e. The van der Waals surface area contributed by atoms with Crippen LogP contribution in [0.25, 0.3) is 0 Å². The van der Waals surface area contributed by atoms with Crippen LogP contribution in [0.1, 0.15) is 0 Å². The van der Waals surface area contributed by atoms with Crippen molar-refractivity contribution in [1.82, 2.24) is 0 Å². The molecule has 12 heavy (non-hydrogen) atoms. The second-order valence-electron chi connectivity index (χ2n) is 1.37. The van der Waals surface area contributed by atoms with Gasteiger partial charge in [-0.25, -0.2) is 4.74 Å². The van der Waals surface area contributed by atoms with E-state index in [4.69, 9.17) is 0 Å². The molecule has 0 saturated carbocycles. The molecule has 0 aliphatic rings. The number of hydrogen-bond acceptors (Lipinski definition) is 1. The number of rotatable bonds is 2. The van der Waals surface area contributed by atoms with Gasteiger partial charge in [-0.2, -0.15) is 4.20 Å². The van der Waals surface area contributed by atoms with Gasteiger partial charge in [0.15, 0.2) is 0 Å². The minimum absolute atomic E-state index is 0.671. The Hall–Kier alpha value is 0.210. The third-order valence-corrected chi connectivity index (χ3v) is 3.93. The van der Waals surface area contributed by atoms with Crippen LogP contribution in [0, 0.1) is 0 Å². The SMILES string of the molecule is CN=P(F)(F)N=P(F)(F)/N=P/F. The molecule has 0 aromatic carbocycles. The van der Waals surface area contributed by atoms with Crippen molar-refractivity contribution in [2.24, 2.45) is 13.8 Å². The highest BCUT2D eigenvalue weighted by molar-refractivity contribution is 7.67. The highest BCUT2D eigenvalue weighted by Crippen LogP contribution is 2.69. The van der Waals surface area contributed by atoms with Crippen molar-refractivity contribution in [2.75, 3.05) is 7.05 Å². The fourth-order valence-electron chi connectivity index (χ4n) is 0.228. The van der Waals surface area contributed by atoms with E-state index in [-0.39, 0.29) is 0 Å². The summed E-state index contributed by atoms with van der Waals surface area (Å²) >= 11 is 0. The molecule has 0 aromatic heterocycles. The molecule has 0 fully saturated rings. The van der Waals surface area contributed by atoms with Crippen LogP contribution in [0.2, 0.25) is 0 Å². The molecule has 0 spiro atoms. The van der Waals surface area contributed by atoms with E-state index in [9.17, 15) is 21.0 Å². The Bertz CT molecular complexity index is 272. The summed E-state index contributed by atoms with van der Waals surface area (Å²) in [6, 6.07) is 0. The Morgan fingerprint density at radius 1 is 1.08 bits per heavy atom. The molecule has 0 saturated heterocycles. The standard InChI is InChI=1S/CH3F5N3P3/c1-7-11(3,4)9-12(5,6)8-10-2/h1H3. The highest BCUT2D eigenvalue weighted by Gasteiger charge is 2.25. The Morgan fingerprint density at radius 3 is 1.92 bits per heavy atom. The number of halogens is 5. The van der Waals surface area contributed by atoms with Crippen LogP contribution in [-0.4, -0.2) is 7.05 Å². The van der Waals surface area contributed by atoms with Crippen molar-refractivity contribution in [3.8, 4) is 0 Å². The van der Waals surface area contributed by atoms with E-state index in [0.29, 0.717) is 7.05 Å². The lowest BCUT2D eigenvalue weighted by molar-refractivity contribution is 0.700. The molecule has 0 radical (unpaired) electrons. The van der Waals surface area contributed by atoms with Crippen LogP contribution in [0.5, 0.6) is 0 Å². The van der Waals surface area contributed by atoms with Crippen LogP contribution < -0.4 is 0 Å². The zero-order valence-corrected chi connectivity index (χ0v) is 8.26. The maximum Gasteiger partial charge on any atom is 0.426 e. The molecule has 0 atom stereocenters. The van der Waals surface area contributed by atoms with Crippen molar-refractivity contribution in [2.45, 2.75) is 0 Å². The average Bonchev–Trinajstić information content (AvgIpc) is 1.85. The number of hydrogen-bond donors (Lipinski definition) is 0. The molecule has 0 amide bonds. The molecule has 0 N–H and O–H groups in total. The van der Waals surface area contributed by atoms with Gasteiger partial charge in [-0.3, -0.25) is 0 Å². The van der Waals surface area contributed by atoms with Gasteiger partial charge in [0.05, 0.1) is 0 Å². The topological polar surface area (TPSA) is 37.1 Å².